The highest BCUT2D eigenvalue weighted by atomic mass is 14.7. The van der Waals surface area contributed by atoms with Gasteiger partial charge < -0.3 is 4.98 Å². The first kappa shape index (κ1) is 20.3. The molecular formula is C36H23N. The fourth-order valence-corrected chi connectivity index (χ4v) is 5.99. The molecule has 1 heteroatoms. The minimum atomic E-state index is 1.17. The van der Waals surface area contributed by atoms with Crippen LogP contribution in [-0.4, -0.2) is 4.98 Å². The molecule has 8 aromatic rings. The Kier molecular flexibility index (Phi) is 4.29. The van der Waals surface area contributed by atoms with Crippen LogP contribution in [0.2, 0.25) is 0 Å². The maximum atomic E-state index is 3.73. The highest BCUT2D eigenvalue weighted by Crippen LogP contribution is 2.43. The van der Waals surface area contributed by atoms with Gasteiger partial charge in [0.05, 0.1) is 5.52 Å². The Labute approximate surface area is 214 Å². The monoisotopic (exact) mass is 469 g/mol. The molecule has 0 saturated carbocycles. The highest BCUT2D eigenvalue weighted by molar-refractivity contribution is 6.16. The summed E-state index contributed by atoms with van der Waals surface area (Å²) in [6.45, 7) is 0. The fourth-order valence-electron chi connectivity index (χ4n) is 5.99. The Bertz CT molecular complexity index is 2140. The number of hydrogen-bond donors (Lipinski definition) is 1. The van der Waals surface area contributed by atoms with Crippen LogP contribution in [0.5, 0.6) is 0 Å². The van der Waals surface area contributed by atoms with E-state index >= 15 is 0 Å². The number of benzene rings is 7. The molecule has 7 aromatic carbocycles. The van der Waals surface area contributed by atoms with E-state index in [0.29, 0.717) is 0 Å². The zero-order valence-corrected chi connectivity index (χ0v) is 20.2. The molecule has 172 valence electrons. The highest BCUT2D eigenvalue weighted by Gasteiger charge is 2.17. The predicted molar refractivity (Wildman–Crippen MR) is 159 cm³/mol. The summed E-state index contributed by atoms with van der Waals surface area (Å²) in [5, 5.41) is 10.1. The topological polar surface area (TPSA) is 15.8 Å². The average Bonchev–Trinajstić information content (AvgIpc) is 3.34. The van der Waals surface area contributed by atoms with E-state index in [0.717, 1.165) is 0 Å². The molecule has 37 heavy (non-hydrogen) atoms. The minimum absolute atomic E-state index is 1.17. The number of aromatic nitrogens is 1. The molecule has 0 bridgehead atoms. The number of para-hydroxylation sites is 2. The Morgan fingerprint density at radius 3 is 1.92 bits per heavy atom. The number of H-pyrrole nitrogens is 1. The summed E-state index contributed by atoms with van der Waals surface area (Å²) in [6, 6.07) is 48.6. The largest absolute Gasteiger partial charge is 0.354 e. The molecule has 0 radical (unpaired) electrons. The molecule has 1 heterocycles. The van der Waals surface area contributed by atoms with Gasteiger partial charge in [0.15, 0.2) is 0 Å². The number of aromatic amines is 1. The van der Waals surface area contributed by atoms with Gasteiger partial charge in [-0.05, 0) is 73.3 Å². The molecule has 8 rings (SSSR count). The molecule has 0 amide bonds. The van der Waals surface area contributed by atoms with Gasteiger partial charge in [0.25, 0.3) is 0 Å². The zero-order chi connectivity index (χ0) is 24.3. The second kappa shape index (κ2) is 7.81. The summed E-state index contributed by atoms with van der Waals surface area (Å²) < 4.78 is 0. The maximum absolute atomic E-state index is 3.73. The average molecular weight is 470 g/mol. The van der Waals surface area contributed by atoms with Crippen molar-refractivity contribution in [2.45, 2.75) is 0 Å². The molecule has 1 N–H and O–H groups in total. The molecule has 0 saturated heterocycles. The van der Waals surface area contributed by atoms with E-state index in [1.54, 1.807) is 0 Å². The van der Waals surface area contributed by atoms with Crippen LogP contribution in [0.25, 0.3) is 76.4 Å². The number of rotatable bonds is 2. The molecular weight excluding hydrogens is 446 g/mol. The van der Waals surface area contributed by atoms with Crippen LogP contribution in [0.1, 0.15) is 0 Å². The van der Waals surface area contributed by atoms with Gasteiger partial charge >= 0.3 is 0 Å². The summed E-state index contributed by atoms with van der Waals surface area (Å²) >= 11 is 0. The van der Waals surface area contributed by atoms with Crippen molar-refractivity contribution < 1.29 is 0 Å². The molecule has 0 aliphatic heterocycles. The molecule has 0 unspecified atom stereocenters. The number of hydrogen-bond acceptors (Lipinski definition) is 0. The van der Waals surface area contributed by atoms with Crippen molar-refractivity contribution in [3.05, 3.63) is 133 Å². The fraction of sp³-hybridized carbons (Fsp3) is 0. The lowest BCUT2D eigenvalue weighted by Gasteiger charge is -2.16. The summed E-state index contributed by atoms with van der Waals surface area (Å²) in [5.41, 5.74) is 7.35. The third kappa shape index (κ3) is 3.11. The smallest absolute Gasteiger partial charge is 0.0544 e. The van der Waals surface area contributed by atoms with Crippen molar-refractivity contribution >= 4 is 54.1 Å². The van der Waals surface area contributed by atoms with Gasteiger partial charge in [-0.25, -0.2) is 0 Å². The first-order valence-corrected chi connectivity index (χ1v) is 12.8. The summed E-state index contributed by atoms with van der Waals surface area (Å²) in [4.78, 5) is 3.73. The Morgan fingerprint density at radius 2 is 1.05 bits per heavy atom. The predicted octanol–water partition coefficient (Wildman–Crippen LogP) is 10.1. The lowest BCUT2D eigenvalue weighted by atomic mass is 9.87. The van der Waals surface area contributed by atoms with Crippen LogP contribution < -0.4 is 0 Å². The Balaban J connectivity index is 1.51. The van der Waals surface area contributed by atoms with Crippen LogP contribution >= 0.6 is 0 Å². The normalized spacial score (nSPS) is 11.8. The lowest BCUT2D eigenvalue weighted by Crippen LogP contribution is -1.90. The summed E-state index contributed by atoms with van der Waals surface area (Å²) in [5.74, 6) is 0. The lowest BCUT2D eigenvalue weighted by molar-refractivity contribution is 1.54. The van der Waals surface area contributed by atoms with Crippen LogP contribution in [0.3, 0.4) is 0 Å². The molecule has 0 spiro atoms. The van der Waals surface area contributed by atoms with Gasteiger partial charge in [-0.15, -0.1) is 0 Å². The summed E-state index contributed by atoms with van der Waals surface area (Å²) in [7, 11) is 0. The van der Waals surface area contributed by atoms with Gasteiger partial charge in [0, 0.05) is 21.9 Å². The van der Waals surface area contributed by atoms with Crippen molar-refractivity contribution in [3.8, 4) is 22.3 Å². The second-order valence-corrected chi connectivity index (χ2v) is 9.87. The minimum Gasteiger partial charge on any atom is -0.354 e. The van der Waals surface area contributed by atoms with Crippen LogP contribution in [0.15, 0.2) is 133 Å². The molecule has 0 aliphatic rings. The van der Waals surface area contributed by atoms with Gasteiger partial charge in [-0.1, -0.05) is 109 Å². The van der Waals surface area contributed by atoms with Crippen LogP contribution in [0.4, 0.5) is 0 Å². The number of fused-ring (bicyclic) bond motifs is 6. The van der Waals surface area contributed by atoms with Crippen molar-refractivity contribution in [2.75, 3.05) is 0 Å². The second-order valence-electron chi connectivity index (χ2n) is 9.87. The van der Waals surface area contributed by atoms with Crippen LogP contribution in [0, 0.1) is 0 Å². The molecule has 1 nitrogen and oxygen atoms in total. The van der Waals surface area contributed by atoms with Gasteiger partial charge in [-0.3, -0.25) is 0 Å². The van der Waals surface area contributed by atoms with Gasteiger partial charge in [0.2, 0.25) is 0 Å². The Morgan fingerprint density at radius 1 is 0.378 bits per heavy atom. The first-order chi connectivity index (χ1) is 18.3. The Hall–Kier alpha value is -4.88. The van der Waals surface area contributed by atoms with Crippen molar-refractivity contribution in [2.24, 2.45) is 0 Å². The van der Waals surface area contributed by atoms with Gasteiger partial charge in [0.1, 0.15) is 0 Å². The zero-order valence-electron chi connectivity index (χ0n) is 20.2. The van der Waals surface area contributed by atoms with Gasteiger partial charge in [-0.2, -0.15) is 0 Å². The molecule has 0 atom stereocenters. The first-order valence-electron chi connectivity index (χ1n) is 12.8. The van der Waals surface area contributed by atoms with E-state index in [9.17, 15) is 0 Å². The van der Waals surface area contributed by atoms with E-state index in [1.165, 1.54) is 76.4 Å². The van der Waals surface area contributed by atoms with Crippen molar-refractivity contribution in [1.82, 2.24) is 4.98 Å². The standard InChI is InChI=1S/C36H23N/c1-2-9-24-21-28(17-16-23(24)8-1)35-30(19-18-27-20-25-10-3-4-11-26(25)22-33(27)35)32-14-7-13-31-29-12-5-6-15-34(29)37-36(31)32/h1-22,37H. The van der Waals surface area contributed by atoms with E-state index in [1.807, 2.05) is 0 Å². The summed E-state index contributed by atoms with van der Waals surface area (Å²) in [6.07, 6.45) is 0. The molecule has 0 fully saturated rings. The van der Waals surface area contributed by atoms with Crippen LogP contribution in [-0.2, 0) is 0 Å². The van der Waals surface area contributed by atoms with E-state index in [4.69, 9.17) is 0 Å². The van der Waals surface area contributed by atoms with Crippen molar-refractivity contribution in [3.63, 3.8) is 0 Å². The molecule has 1 aromatic heterocycles. The van der Waals surface area contributed by atoms with E-state index < -0.39 is 0 Å². The third-order valence-corrected chi connectivity index (χ3v) is 7.76. The quantitative estimate of drug-likeness (QED) is 0.242. The maximum Gasteiger partial charge on any atom is 0.0544 e. The SMILES string of the molecule is c1ccc2cc(-c3c(-c4cccc5c4[nH]c4ccccc45)ccc4cc5ccccc5cc34)ccc2c1. The van der Waals surface area contributed by atoms with Crippen molar-refractivity contribution in [1.29, 1.82) is 0 Å². The third-order valence-electron chi connectivity index (χ3n) is 7.76. The van der Waals surface area contributed by atoms with E-state index in [2.05, 4.69) is 138 Å². The number of nitrogens with one attached hydrogen (secondary N) is 1. The molecule has 0 aliphatic carbocycles. The van der Waals surface area contributed by atoms with E-state index in [-0.39, 0.29) is 0 Å².